The van der Waals surface area contributed by atoms with Crippen molar-refractivity contribution in [3.8, 4) is 5.75 Å². The van der Waals surface area contributed by atoms with Gasteiger partial charge in [-0.3, -0.25) is 9.78 Å². The van der Waals surface area contributed by atoms with Crippen LogP contribution in [0.1, 0.15) is 28.9 Å². The molecule has 3 aromatic rings. The molecule has 1 aliphatic heterocycles. The molecule has 0 saturated carbocycles. The van der Waals surface area contributed by atoms with E-state index < -0.39 is 17.8 Å². The number of ether oxygens (including phenoxy) is 1. The topological polar surface area (TPSA) is 119 Å². The number of rotatable bonds is 5. The van der Waals surface area contributed by atoms with E-state index in [2.05, 4.69) is 25.7 Å². The van der Waals surface area contributed by atoms with Gasteiger partial charge in [-0.25, -0.2) is 9.50 Å². The minimum absolute atomic E-state index is 0.210. The molecule has 30 heavy (non-hydrogen) atoms. The molecule has 4 heterocycles. The van der Waals surface area contributed by atoms with Crippen LogP contribution in [0, 0.1) is 0 Å². The molecule has 9 nitrogen and oxygen atoms in total. The van der Waals surface area contributed by atoms with Crippen LogP contribution >= 0.6 is 0 Å². The maximum absolute atomic E-state index is 13.0. The van der Waals surface area contributed by atoms with E-state index in [0.29, 0.717) is 12.4 Å². The van der Waals surface area contributed by atoms with Crippen LogP contribution in [0.15, 0.2) is 30.7 Å². The van der Waals surface area contributed by atoms with Crippen molar-refractivity contribution in [1.29, 1.82) is 0 Å². The molecular formula is C18H18F3N7O2. The maximum atomic E-state index is 13.0. The molecule has 1 atom stereocenters. The number of amides is 1. The van der Waals surface area contributed by atoms with Crippen molar-refractivity contribution in [3.05, 3.63) is 42.0 Å². The fourth-order valence-corrected chi connectivity index (χ4v) is 3.20. The Morgan fingerprint density at radius 2 is 2.23 bits per heavy atom. The highest BCUT2D eigenvalue weighted by atomic mass is 19.4. The summed E-state index contributed by atoms with van der Waals surface area (Å²) >= 11 is 0. The Balaban J connectivity index is 1.60. The largest absolute Gasteiger partial charge is 0.490 e. The monoisotopic (exact) mass is 421 g/mol. The van der Waals surface area contributed by atoms with Crippen LogP contribution < -0.4 is 21.1 Å². The molecule has 0 radical (unpaired) electrons. The summed E-state index contributed by atoms with van der Waals surface area (Å²) in [7, 11) is 0. The molecule has 1 saturated heterocycles. The van der Waals surface area contributed by atoms with Crippen molar-refractivity contribution in [2.75, 3.05) is 24.2 Å². The minimum Gasteiger partial charge on any atom is -0.490 e. The Morgan fingerprint density at radius 3 is 2.97 bits per heavy atom. The van der Waals surface area contributed by atoms with Crippen molar-refractivity contribution in [3.63, 3.8) is 0 Å². The summed E-state index contributed by atoms with van der Waals surface area (Å²) in [4.78, 5) is 20.3. The number of carbonyl (C=O) groups is 1. The third-order valence-corrected chi connectivity index (χ3v) is 4.66. The second-order valence-corrected chi connectivity index (χ2v) is 6.77. The molecule has 0 spiro atoms. The Morgan fingerprint density at radius 1 is 1.40 bits per heavy atom. The van der Waals surface area contributed by atoms with E-state index in [4.69, 9.17) is 10.5 Å². The van der Waals surface area contributed by atoms with Gasteiger partial charge in [-0.15, -0.1) is 5.10 Å². The first-order chi connectivity index (χ1) is 14.3. The van der Waals surface area contributed by atoms with Gasteiger partial charge in [0.1, 0.15) is 29.3 Å². The first-order valence-corrected chi connectivity index (χ1v) is 9.16. The number of carbonyl (C=O) groups excluding carboxylic acids is 1. The summed E-state index contributed by atoms with van der Waals surface area (Å²) in [6.45, 7) is 1.33. The molecule has 1 fully saturated rings. The van der Waals surface area contributed by atoms with Gasteiger partial charge in [0, 0.05) is 24.5 Å². The van der Waals surface area contributed by atoms with E-state index >= 15 is 0 Å². The minimum atomic E-state index is -4.67. The van der Waals surface area contributed by atoms with E-state index in [0.717, 1.165) is 36.2 Å². The van der Waals surface area contributed by atoms with Crippen molar-refractivity contribution in [1.82, 2.24) is 24.9 Å². The zero-order valence-electron chi connectivity index (χ0n) is 15.6. The highest BCUT2D eigenvalue weighted by Gasteiger charge is 2.34. The summed E-state index contributed by atoms with van der Waals surface area (Å²) in [5.41, 5.74) is 4.30. The number of hydrogen-bond donors (Lipinski definition) is 3. The number of aromatic nitrogens is 4. The van der Waals surface area contributed by atoms with Gasteiger partial charge < -0.3 is 21.1 Å². The summed E-state index contributed by atoms with van der Waals surface area (Å²) in [5, 5.41) is 9.74. The van der Waals surface area contributed by atoms with Gasteiger partial charge >= 0.3 is 6.18 Å². The number of pyridine rings is 1. The second-order valence-electron chi connectivity index (χ2n) is 6.77. The number of fused-ring (bicyclic) bond motifs is 1. The molecule has 3 aromatic heterocycles. The molecule has 0 unspecified atom stereocenters. The second kappa shape index (κ2) is 7.78. The average molecular weight is 421 g/mol. The van der Waals surface area contributed by atoms with Gasteiger partial charge in [-0.1, -0.05) is 0 Å². The number of anilines is 2. The molecule has 1 amide bonds. The molecule has 158 valence electrons. The van der Waals surface area contributed by atoms with Crippen LogP contribution in [0.4, 0.5) is 24.7 Å². The lowest BCUT2D eigenvalue weighted by atomic mass is 10.2. The van der Waals surface area contributed by atoms with Crippen molar-refractivity contribution in [2.24, 2.45) is 0 Å². The zero-order valence-corrected chi connectivity index (χ0v) is 15.6. The summed E-state index contributed by atoms with van der Waals surface area (Å²) in [6.07, 6.45) is 1.31. The molecule has 0 aliphatic carbocycles. The van der Waals surface area contributed by atoms with Crippen molar-refractivity contribution >= 4 is 23.1 Å². The normalized spacial score (nSPS) is 16.7. The van der Waals surface area contributed by atoms with Gasteiger partial charge in [0.2, 0.25) is 0 Å². The first kappa shape index (κ1) is 19.9. The SMILES string of the molecule is Nc1nn2ccc(C(F)(F)F)nc2c1C(=O)Nc1cnccc1OC[C@H]1CCCN1. The Hall–Kier alpha value is -3.41. The van der Waals surface area contributed by atoms with Gasteiger partial charge in [-0.2, -0.15) is 13.2 Å². The third-order valence-electron chi connectivity index (χ3n) is 4.66. The third kappa shape index (κ3) is 3.99. The molecular weight excluding hydrogens is 403 g/mol. The van der Waals surface area contributed by atoms with Gasteiger partial charge in [0.25, 0.3) is 5.91 Å². The molecule has 4 rings (SSSR count). The molecule has 1 aliphatic rings. The van der Waals surface area contributed by atoms with E-state index in [1.165, 1.54) is 12.4 Å². The predicted octanol–water partition coefficient (Wildman–Crippen LogP) is 2.11. The van der Waals surface area contributed by atoms with Gasteiger partial charge in [0.05, 0.1) is 6.20 Å². The van der Waals surface area contributed by atoms with Crippen LogP contribution in [0.25, 0.3) is 5.65 Å². The summed E-state index contributed by atoms with van der Waals surface area (Å²) < 4.78 is 45.8. The number of halogens is 3. The van der Waals surface area contributed by atoms with E-state index in [1.54, 1.807) is 6.07 Å². The Kier molecular flexibility index (Phi) is 5.16. The number of nitrogen functional groups attached to an aromatic ring is 1. The lowest BCUT2D eigenvalue weighted by Crippen LogP contribution is -2.28. The number of alkyl halides is 3. The summed E-state index contributed by atoms with van der Waals surface area (Å²) in [6, 6.07) is 2.55. The fourth-order valence-electron chi connectivity index (χ4n) is 3.20. The number of nitrogens with two attached hydrogens (primary N) is 1. The molecule has 12 heteroatoms. The number of nitrogens with one attached hydrogen (secondary N) is 2. The van der Waals surface area contributed by atoms with E-state index in [9.17, 15) is 18.0 Å². The number of nitrogens with zero attached hydrogens (tertiary/aromatic N) is 4. The highest BCUT2D eigenvalue weighted by molar-refractivity contribution is 6.12. The number of hydrogen-bond acceptors (Lipinski definition) is 7. The van der Waals surface area contributed by atoms with Gasteiger partial charge in [0.15, 0.2) is 11.5 Å². The Labute approximate surface area is 168 Å². The standard InChI is InChI=1S/C18H18F3N7O2/c19-18(20,21)13-4-7-28-16(26-13)14(15(22)27-28)17(29)25-11-8-23-6-3-12(11)30-9-10-2-1-5-24-10/h3-4,6-8,10,24H,1-2,5,9H2,(H2,22,27)(H,25,29)/t10-/m1/s1. The van der Waals surface area contributed by atoms with Crippen LogP contribution in [0.3, 0.4) is 0 Å². The van der Waals surface area contributed by atoms with E-state index in [-0.39, 0.29) is 28.8 Å². The zero-order chi connectivity index (χ0) is 21.3. The molecule has 0 aromatic carbocycles. The van der Waals surface area contributed by atoms with Crippen LogP contribution in [0.2, 0.25) is 0 Å². The Bertz CT molecular complexity index is 1080. The van der Waals surface area contributed by atoms with Crippen LogP contribution in [-0.4, -0.2) is 44.7 Å². The van der Waals surface area contributed by atoms with Crippen molar-refractivity contribution in [2.45, 2.75) is 25.1 Å². The lowest BCUT2D eigenvalue weighted by molar-refractivity contribution is -0.141. The quantitative estimate of drug-likeness (QED) is 0.577. The first-order valence-electron chi connectivity index (χ1n) is 9.16. The summed E-state index contributed by atoms with van der Waals surface area (Å²) in [5.74, 6) is -0.641. The van der Waals surface area contributed by atoms with E-state index in [1.807, 2.05) is 0 Å². The molecule has 4 N–H and O–H groups in total. The fraction of sp³-hybridized carbons (Fsp3) is 0.333. The average Bonchev–Trinajstić information content (AvgIpc) is 3.32. The lowest BCUT2D eigenvalue weighted by Gasteiger charge is -2.15. The maximum Gasteiger partial charge on any atom is 0.433 e. The molecule has 0 bridgehead atoms. The predicted molar refractivity (Wildman–Crippen MR) is 101 cm³/mol. The highest BCUT2D eigenvalue weighted by Crippen LogP contribution is 2.30. The van der Waals surface area contributed by atoms with Gasteiger partial charge in [-0.05, 0) is 25.5 Å². The van der Waals surface area contributed by atoms with Crippen molar-refractivity contribution < 1.29 is 22.7 Å². The van der Waals surface area contributed by atoms with Crippen LogP contribution in [-0.2, 0) is 6.18 Å². The van der Waals surface area contributed by atoms with Crippen LogP contribution in [0.5, 0.6) is 5.75 Å². The smallest absolute Gasteiger partial charge is 0.433 e.